The molecule has 0 radical (unpaired) electrons. The van der Waals surface area contributed by atoms with Crippen molar-refractivity contribution < 1.29 is 19.9 Å². The molecule has 1 rings (SSSR count). The van der Waals surface area contributed by atoms with Crippen molar-refractivity contribution in [2.45, 2.75) is 13.0 Å². The summed E-state index contributed by atoms with van der Waals surface area (Å²) in [6.07, 6.45) is -1.90. The molecule has 0 aliphatic rings. The van der Waals surface area contributed by atoms with E-state index >= 15 is 0 Å². The van der Waals surface area contributed by atoms with E-state index in [9.17, 15) is 20.0 Å². The van der Waals surface area contributed by atoms with E-state index in [1.54, 1.807) is 6.92 Å². The zero-order chi connectivity index (χ0) is 12.5. The number of benzene rings is 1. The number of carbonyl (C=O) groups is 1. The van der Waals surface area contributed by atoms with Crippen molar-refractivity contribution in [3.8, 4) is 0 Å². The number of aryl methyl sites for hydroxylation is 1. The number of nitro groups is 1. The van der Waals surface area contributed by atoms with E-state index in [0.717, 1.165) is 0 Å². The maximum Gasteiger partial charge on any atom is 0.337 e. The number of aliphatic hydroxyl groups is 1. The molecule has 0 heterocycles. The van der Waals surface area contributed by atoms with Crippen molar-refractivity contribution in [3.63, 3.8) is 0 Å². The molecule has 1 aromatic carbocycles. The van der Waals surface area contributed by atoms with Crippen LogP contribution in [-0.4, -0.2) is 21.1 Å². The molecule has 0 spiro atoms. The van der Waals surface area contributed by atoms with Gasteiger partial charge < -0.3 is 10.2 Å². The second-order valence-electron chi connectivity index (χ2n) is 3.16. The summed E-state index contributed by atoms with van der Waals surface area (Å²) in [6.45, 7) is 1.64. The smallest absolute Gasteiger partial charge is 0.337 e. The van der Waals surface area contributed by atoms with Crippen LogP contribution in [0.1, 0.15) is 17.2 Å². The number of carboxylic acid groups (broad SMARTS) is 1. The summed E-state index contributed by atoms with van der Waals surface area (Å²) >= 11 is 3.10. The molecule has 7 heteroatoms. The summed E-state index contributed by atoms with van der Waals surface area (Å²) in [5, 5.41) is 28.6. The largest absolute Gasteiger partial charge is 0.479 e. The molecule has 86 valence electrons. The Kier molecular flexibility index (Phi) is 3.61. The lowest BCUT2D eigenvalue weighted by Crippen LogP contribution is -2.12. The van der Waals surface area contributed by atoms with Crippen molar-refractivity contribution in [1.29, 1.82) is 0 Å². The summed E-state index contributed by atoms with van der Waals surface area (Å²) in [5.41, 5.74) is -0.0357. The summed E-state index contributed by atoms with van der Waals surface area (Å²) in [4.78, 5) is 20.5. The number of carboxylic acids is 1. The van der Waals surface area contributed by atoms with E-state index in [2.05, 4.69) is 15.9 Å². The predicted molar refractivity (Wildman–Crippen MR) is 58.1 cm³/mol. The lowest BCUT2D eigenvalue weighted by Gasteiger charge is -2.08. The van der Waals surface area contributed by atoms with Gasteiger partial charge in [0.25, 0.3) is 5.69 Å². The van der Waals surface area contributed by atoms with Gasteiger partial charge in [-0.15, -0.1) is 0 Å². The molecule has 0 saturated carbocycles. The molecule has 16 heavy (non-hydrogen) atoms. The third-order valence-electron chi connectivity index (χ3n) is 2.03. The third kappa shape index (κ3) is 2.37. The van der Waals surface area contributed by atoms with Crippen molar-refractivity contribution >= 4 is 27.6 Å². The summed E-state index contributed by atoms with van der Waals surface area (Å²) in [6, 6.07) is 2.46. The average Bonchev–Trinajstić information content (AvgIpc) is 2.19. The molecule has 6 nitrogen and oxygen atoms in total. The normalized spacial score (nSPS) is 12.2. The number of hydrogen-bond acceptors (Lipinski definition) is 4. The lowest BCUT2D eigenvalue weighted by atomic mass is 10.0. The van der Waals surface area contributed by atoms with Crippen LogP contribution < -0.4 is 0 Å². The molecule has 1 atom stereocenters. The Balaban J connectivity index is 3.41. The van der Waals surface area contributed by atoms with E-state index in [4.69, 9.17) is 5.11 Å². The van der Waals surface area contributed by atoms with Crippen LogP contribution in [0.25, 0.3) is 0 Å². The fraction of sp³-hybridized carbons (Fsp3) is 0.222. The van der Waals surface area contributed by atoms with Gasteiger partial charge in [0.15, 0.2) is 6.10 Å². The van der Waals surface area contributed by atoms with Gasteiger partial charge in [-0.2, -0.15) is 0 Å². The van der Waals surface area contributed by atoms with Crippen molar-refractivity contribution in [2.75, 3.05) is 0 Å². The fourth-order valence-corrected chi connectivity index (χ4v) is 1.53. The number of nitro benzene ring substituents is 1. The van der Waals surface area contributed by atoms with Crippen molar-refractivity contribution in [3.05, 3.63) is 37.8 Å². The number of nitrogens with zero attached hydrogens (tertiary/aromatic N) is 1. The average molecular weight is 290 g/mol. The maximum absolute atomic E-state index is 10.7. The Hall–Kier alpha value is -1.47. The van der Waals surface area contributed by atoms with Crippen molar-refractivity contribution in [2.24, 2.45) is 0 Å². The topological polar surface area (TPSA) is 101 Å². The molecule has 0 saturated heterocycles. The Morgan fingerprint density at radius 1 is 1.56 bits per heavy atom. The zero-order valence-corrected chi connectivity index (χ0v) is 9.76. The Bertz CT molecular complexity index is 459. The zero-order valence-electron chi connectivity index (χ0n) is 8.18. The van der Waals surface area contributed by atoms with E-state index in [1.807, 2.05) is 0 Å². The highest BCUT2D eigenvalue weighted by atomic mass is 79.9. The van der Waals surface area contributed by atoms with Crippen LogP contribution >= 0.6 is 15.9 Å². The Morgan fingerprint density at radius 3 is 2.56 bits per heavy atom. The highest BCUT2D eigenvalue weighted by Crippen LogP contribution is 2.31. The first kappa shape index (κ1) is 12.6. The molecular weight excluding hydrogens is 282 g/mol. The van der Waals surface area contributed by atoms with Gasteiger partial charge in [-0.25, -0.2) is 4.79 Å². The monoisotopic (exact) mass is 289 g/mol. The second kappa shape index (κ2) is 4.58. The van der Waals surface area contributed by atoms with Gasteiger partial charge in [-0.3, -0.25) is 10.1 Å². The number of aliphatic hydroxyl groups excluding tert-OH is 1. The molecule has 0 bridgehead atoms. The van der Waals surface area contributed by atoms with Crippen molar-refractivity contribution in [1.82, 2.24) is 0 Å². The minimum absolute atomic E-state index is 0.224. The summed E-state index contributed by atoms with van der Waals surface area (Å²) in [5.74, 6) is -1.52. The van der Waals surface area contributed by atoms with E-state index in [-0.39, 0.29) is 5.56 Å². The molecule has 0 fully saturated rings. The first-order valence-electron chi connectivity index (χ1n) is 4.20. The Morgan fingerprint density at radius 2 is 2.12 bits per heavy atom. The quantitative estimate of drug-likeness (QED) is 0.652. The molecule has 1 aromatic rings. The van der Waals surface area contributed by atoms with Crippen LogP contribution in [0.15, 0.2) is 16.6 Å². The van der Waals surface area contributed by atoms with Gasteiger partial charge in [-0.05, 0) is 18.6 Å². The van der Waals surface area contributed by atoms with Gasteiger partial charge >= 0.3 is 5.97 Å². The lowest BCUT2D eigenvalue weighted by molar-refractivity contribution is -0.386. The van der Waals surface area contributed by atoms with Crippen LogP contribution in [0.2, 0.25) is 0 Å². The van der Waals surface area contributed by atoms with Crippen LogP contribution in [0.5, 0.6) is 0 Å². The number of rotatable bonds is 3. The first-order chi connectivity index (χ1) is 7.34. The SMILES string of the molecule is Cc1cc(C(O)C(=O)O)c([N+](=O)[O-])cc1Br. The summed E-state index contributed by atoms with van der Waals surface area (Å²) < 4.78 is 0.487. The number of halogens is 1. The molecule has 0 amide bonds. The van der Waals surface area contributed by atoms with E-state index in [0.29, 0.717) is 10.0 Å². The summed E-state index contributed by atoms with van der Waals surface area (Å²) in [7, 11) is 0. The minimum atomic E-state index is -1.90. The maximum atomic E-state index is 10.7. The minimum Gasteiger partial charge on any atom is -0.479 e. The number of hydrogen-bond donors (Lipinski definition) is 2. The number of aliphatic carboxylic acids is 1. The molecule has 0 aromatic heterocycles. The first-order valence-corrected chi connectivity index (χ1v) is 4.99. The molecule has 0 aliphatic carbocycles. The van der Waals surface area contributed by atoms with Crippen LogP contribution in [-0.2, 0) is 4.79 Å². The van der Waals surface area contributed by atoms with Gasteiger partial charge in [0.05, 0.1) is 10.5 Å². The van der Waals surface area contributed by atoms with Crippen LogP contribution in [0, 0.1) is 17.0 Å². The van der Waals surface area contributed by atoms with E-state index < -0.39 is 22.7 Å². The third-order valence-corrected chi connectivity index (χ3v) is 2.89. The van der Waals surface area contributed by atoms with E-state index in [1.165, 1.54) is 12.1 Å². The highest BCUT2D eigenvalue weighted by Gasteiger charge is 2.26. The van der Waals surface area contributed by atoms with Crippen LogP contribution in [0.4, 0.5) is 5.69 Å². The molecular formula is C9H8BrNO5. The molecule has 0 aliphatic heterocycles. The highest BCUT2D eigenvalue weighted by molar-refractivity contribution is 9.10. The van der Waals surface area contributed by atoms with Gasteiger partial charge in [0.1, 0.15) is 0 Å². The Labute approximate surface area is 98.8 Å². The van der Waals surface area contributed by atoms with Gasteiger partial charge in [0.2, 0.25) is 0 Å². The second-order valence-corrected chi connectivity index (χ2v) is 4.01. The standard InChI is InChI=1S/C9H8BrNO5/c1-4-2-5(8(12)9(13)14)7(11(15)16)3-6(4)10/h2-3,8,12H,1H3,(H,13,14). The molecule has 2 N–H and O–H groups in total. The van der Waals surface area contributed by atoms with Gasteiger partial charge in [0, 0.05) is 10.5 Å². The van der Waals surface area contributed by atoms with Crippen LogP contribution in [0.3, 0.4) is 0 Å². The van der Waals surface area contributed by atoms with Gasteiger partial charge in [-0.1, -0.05) is 15.9 Å². The molecule has 1 unspecified atom stereocenters. The predicted octanol–water partition coefficient (Wildman–Crippen LogP) is 1.78. The fourth-order valence-electron chi connectivity index (χ4n) is 1.20.